The van der Waals surface area contributed by atoms with Gasteiger partial charge in [0.15, 0.2) is 5.13 Å². The molecule has 0 aliphatic carbocycles. The van der Waals surface area contributed by atoms with Crippen LogP contribution in [0.5, 0.6) is 0 Å². The molecule has 0 radical (unpaired) electrons. The maximum atomic E-state index is 8.83. The maximum Gasteiger partial charge on any atom is 0.185 e. The summed E-state index contributed by atoms with van der Waals surface area (Å²) in [5.74, 6) is 0. The molecule has 1 aliphatic rings. The van der Waals surface area contributed by atoms with Crippen molar-refractivity contribution in [1.29, 1.82) is 5.26 Å². The van der Waals surface area contributed by atoms with Crippen LogP contribution in [0.25, 0.3) is 0 Å². The van der Waals surface area contributed by atoms with Crippen molar-refractivity contribution in [2.24, 2.45) is 0 Å². The smallest absolute Gasteiger partial charge is 0.185 e. The third kappa shape index (κ3) is 3.23. The molecule has 3 rings (SSSR count). The third-order valence-corrected chi connectivity index (χ3v) is 4.67. The standard InChI is InChI=1S/C16H18N4S/c1-13-11-19(7-8-20(13)16-18-6-9-21-16)12-15-4-2-14(10-17)3-5-15/h2-6,9,13H,7-8,11-12H2,1H3. The van der Waals surface area contributed by atoms with Gasteiger partial charge in [-0.05, 0) is 24.6 Å². The summed E-state index contributed by atoms with van der Waals surface area (Å²) in [6, 6.07) is 10.5. The van der Waals surface area contributed by atoms with E-state index in [1.165, 1.54) is 5.56 Å². The monoisotopic (exact) mass is 298 g/mol. The van der Waals surface area contributed by atoms with E-state index in [2.05, 4.69) is 39.9 Å². The highest BCUT2D eigenvalue weighted by atomic mass is 32.1. The van der Waals surface area contributed by atoms with Gasteiger partial charge in [-0.3, -0.25) is 4.90 Å². The number of benzene rings is 1. The summed E-state index contributed by atoms with van der Waals surface area (Å²) in [6.07, 6.45) is 1.87. The highest BCUT2D eigenvalue weighted by molar-refractivity contribution is 7.13. The lowest BCUT2D eigenvalue weighted by Crippen LogP contribution is -2.51. The molecular formula is C16H18N4S. The molecule has 1 atom stereocenters. The molecule has 108 valence electrons. The summed E-state index contributed by atoms with van der Waals surface area (Å²) in [5, 5.41) is 12.0. The van der Waals surface area contributed by atoms with Gasteiger partial charge in [0, 0.05) is 43.8 Å². The maximum absolute atomic E-state index is 8.83. The predicted molar refractivity (Wildman–Crippen MR) is 85.4 cm³/mol. The molecule has 1 aromatic carbocycles. The molecule has 2 heterocycles. The van der Waals surface area contributed by atoms with Gasteiger partial charge in [0.1, 0.15) is 0 Å². The molecule has 1 saturated heterocycles. The molecule has 0 bridgehead atoms. The van der Waals surface area contributed by atoms with Crippen LogP contribution in [0, 0.1) is 11.3 Å². The molecular weight excluding hydrogens is 280 g/mol. The van der Waals surface area contributed by atoms with Crippen molar-refractivity contribution in [3.63, 3.8) is 0 Å². The minimum absolute atomic E-state index is 0.475. The van der Waals surface area contributed by atoms with Gasteiger partial charge in [-0.25, -0.2) is 4.98 Å². The molecule has 1 fully saturated rings. The van der Waals surface area contributed by atoms with Crippen LogP contribution >= 0.6 is 11.3 Å². The zero-order valence-corrected chi connectivity index (χ0v) is 12.9. The Bertz CT molecular complexity index is 615. The largest absolute Gasteiger partial charge is 0.343 e. The first-order valence-corrected chi connectivity index (χ1v) is 8.02. The lowest BCUT2D eigenvalue weighted by atomic mass is 10.1. The lowest BCUT2D eigenvalue weighted by molar-refractivity contribution is 0.221. The molecule has 0 amide bonds. The van der Waals surface area contributed by atoms with Gasteiger partial charge < -0.3 is 4.90 Å². The van der Waals surface area contributed by atoms with Crippen LogP contribution < -0.4 is 4.90 Å². The Balaban J connectivity index is 1.60. The second-order valence-corrected chi connectivity index (χ2v) is 6.27. The summed E-state index contributed by atoms with van der Waals surface area (Å²) < 4.78 is 0. The number of piperazine rings is 1. The van der Waals surface area contributed by atoms with Crippen molar-refractivity contribution < 1.29 is 0 Å². The Morgan fingerprint density at radius 3 is 2.76 bits per heavy atom. The summed E-state index contributed by atoms with van der Waals surface area (Å²) in [5.41, 5.74) is 1.99. The number of thiazole rings is 1. The molecule has 5 heteroatoms. The van der Waals surface area contributed by atoms with Crippen LogP contribution in [-0.4, -0.2) is 35.6 Å². The first-order chi connectivity index (χ1) is 10.3. The summed E-state index contributed by atoms with van der Waals surface area (Å²) in [6.45, 7) is 6.31. The molecule has 1 unspecified atom stereocenters. The number of nitriles is 1. The average molecular weight is 298 g/mol. The van der Waals surface area contributed by atoms with Crippen LogP contribution in [0.1, 0.15) is 18.1 Å². The molecule has 2 aromatic rings. The van der Waals surface area contributed by atoms with Gasteiger partial charge in [0.2, 0.25) is 0 Å². The topological polar surface area (TPSA) is 43.2 Å². The SMILES string of the molecule is CC1CN(Cc2ccc(C#N)cc2)CCN1c1nccs1. The molecule has 0 saturated carbocycles. The Hall–Kier alpha value is -1.90. The molecule has 0 N–H and O–H groups in total. The van der Waals surface area contributed by atoms with Crippen LogP contribution in [-0.2, 0) is 6.54 Å². The first kappa shape index (κ1) is 14.1. The minimum atomic E-state index is 0.475. The fourth-order valence-electron chi connectivity index (χ4n) is 2.76. The van der Waals surface area contributed by atoms with Crippen molar-refractivity contribution >= 4 is 16.5 Å². The van der Waals surface area contributed by atoms with E-state index in [1.54, 1.807) is 11.3 Å². The van der Waals surface area contributed by atoms with Gasteiger partial charge in [-0.2, -0.15) is 5.26 Å². The fraction of sp³-hybridized carbons (Fsp3) is 0.375. The number of aromatic nitrogens is 1. The Labute approximate surface area is 129 Å². The summed E-state index contributed by atoms with van der Waals surface area (Å²) in [4.78, 5) is 9.27. The number of rotatable bonds is 3. The predicted octanol–water partition coefficient (Wildman–Crippen LogP) is 2.73. The third-order valence-electron chi connectivity index (χ3n) is 3.87. The Morgan fingerprint density at radius 2 is 2.14 bits per heavy atom. The van der Waals surface area contributed by atoms with E-state index in [0.29, 0.717) is 6.04 Å². The van der Waals surface area contributed by atoms with E-state index in [4.69, 9.17) is 5.26 Å². The second-order valence-electron chi connectivity index (χ2n) is 5.40. The van der Waals surface area contributed by atoms with Crippen LogP contribution in [0.2, 0.25) is 0 Å². The zero-order valence-electron chi connectivity index (χ0n) is 12.1. The summed E-state index contributed by atoms with van der Waals surface area (Å²) in [7, 11) is 0. The van der Waals surface area contributed by atoms with Crippen molar-refractivity contribution in [2.45, 2.75) is 19.5 Å². The quantitative estimate of drug-likeness (QED) is 0.874. The van der Waals surface area contributed by atoms with Gasteiger partial charge in [-0.1, -0.05) is 12.1 Å². The molecule has 4 nitrogen and oxygen atoms in total. The first-order valence-electron chi connectivity index (χ1n) is 7.14. The molecule has 21 heavy (non-hydrogen) atoms. The van der Waals surface area contributed by atoms with Crippen molar-refractivity contribution in [3.8, 4) is 6.07 Å². The van der Waals surface area contributed by atoms with E-state index in [1.807, 2.05) is 23.7 Å². The minimum Gasteiger partial charge on any atom is -0.343 e. The number of hydrogen-bond acceptors (Lipinski definition) is 5. The van der Waals surface area contributed by atoms with E-state index >= 15 is 0 Å². The number of nitrogens with zero attached hydrogens (tertiary/aromatic N) is 4. The van der Waals surface area contributed by atoms with E-state index < -0.39 is 0 Å². The van der Waals surface area contributed by atoms with Crippen molar-refractivity contribution in [1.82, 2.24) is 9.88 Å². The lowest BCUT2D eigenvalue weighted by Gasteiger charge is -2.39. The Morgan fingerprint density at radius 1 is 1.33 bits per heavy atom. The zero-order chi connectivity index (χ0) is 14.7. The van der Waals surface area contributed by atoms with Crippen LogP contribution in [0.15, 0.2) is 35.8 Å². The number of hydrogen-bond donors (Lipinski definition) is 0. The normalized spacial score (nSPS) is 19.4. The van der Waals surface area contributed by atoms with Crippen molar-refractivity contribution in [2.75, 3.05) is 24.5 Å². The molecule has 0 spiro atoms. The van der Waals surface area contributed by atoms with Crippen LogP contribution in [0.4, 0.5) is 5.13 Å². The van der Waals surface area contributed by atoms with Crippen molar-refractivity contribution in [3.05, 3.63) is 47.0 Å². The van der Waals surface area contributed by atoms with E-state index in [-0.39, 0.29) is 0 Å². The van der Waals surface area contributed by atoms with Crippen LogP contribution in [0.3, 0.4) is 0 Å². The molecule has 1 aliphatic heterocycles. The second kappa shape index (κ2) is 6.25. The molecule has 1 aromatic heterocycles. The highest BCUT2D eigenvalue weighted by Crippen LogP contribution is 2.23. The van der Waals surface area contributed by atoms with Gasteiger partial charge in [0.05, 0.1) is 11.6 Å². The van der Waals surface area contributed by atoms with E-state index in [9.17, 15) is 0 Å². The summed E-state index contributed by atoms with van der Waals surface area (Å²) >= 11 is 1.71. The van der Waals surface area contributed by atoms with Gasteiger partial charge in [0.25, 0.3) is 0 Å². The fourth-order valence-corrected chi connectivity index (χ4v) is 3.53. The highest BCUT2D eigenvalue weighted by Gasteiger charge is 2.25. The van der Waals surface area contributed by atoms with Gasteiger partial charge in [-0.15, -0.1) is 11.3 Å². The average Bonchev–Trinajstić information content (AvgIpc) is 3.02. The Kier molecular flexibility index (Phi) is 4.18. The number of anilines is 1. The van der Waals surface area contributed by atoms with E-state index in [0.717, 1.165) is 36.9 Å². The van der Waals surface area contributed by atoms with Gasteiger partial charge >= 0.3 is 0 Å².